The van der Waals surface area contributed by atoms with Crippen LogP contribution >= 0.6 is 0 Å². The topological polar surface area (TPSA) is 32.5 Å². The average molecular weight is 273 g/mol. The second-order valence-corrected chi connectivity index (χ2v) is 6.46. The van der Waals surface area contributed by atoms with E-state index >= 15 is 0 Å². The summed E-state index contributed by atoms with van der Waals surface area (Å²) in [6.45, 7) is 8.95. The highest BCUT2D eigenvalue weighted by molar-refractivity contribution is 5.56. The van der Waals surface area contributed by atoms with Crippen molar-refractivity contribution in [1.29, 1.82) is 0 Å². The van der Waals surface area contributed by atoms with Crippen LogP contribution in [0.3, 0.4) is 0 Å². The SMILES string of the molecule is Cc1ccc(N2CC3CCCN3CC2C)c(CCN)c1. The van der Waals surface area contributed by atoms with E-state index in [-0.39, 0.29) is 0 Å². The Balaban J connectivity index is 1.87. The smallest absolute Gasteiger partial charge is 0.0402 e. The minimum Gasteiger partial charge on any atom is -0.366 e. The number of nitrogens with two attached hydrogens (primary N) is 1. The number of benzene rings is 1. The van der Waals surface area contributed by atoms with E-state index in [0.29, 0.717) is 6.04 Å². The lowest BCUT2D eigenvalue weighted by molar-refractivity contribution is 0.203. The Morgan fingerprint density at radius 2 is 2.15 bits per heavy atom. The number of fused-ring (bicyclic) bond motifs is 1. The molecule has 2 heterocycles. The number of piperazine rings is 1. The van der Waals surface area contributed by atoms with E-state index in [1.807, 2.05) is 0 Å². The van der Waals surface area contributed by atoms with Crippen LogP contribution in [-0.2, 0) is 6.42 Å². The van der Waals surface area contributed by atoms with Gasteiger partial charge in [-0.1, -0.05) is 17.7 Å². The summed E-state index contributed by atoms with van der Waals surface area (Å²) >= 11 is 0. The maximum Gasteiger partial charge on any atom is 0.0402 e. The van der Waals surface area contributed by atoms with E-state index in [9.17, 15) is 0 Å². The molecule has 0 spiro atoms. The van der Waals surface area contributed by atoms with Gasteiger partial charge >= 0.3 is 0 Å². The number of hydrogen-bond donors (Lipinski definition) is 1. The van der Waals surface area contributed by atoms with Crippen LogP contribution in [-0.4, -0.2) is 43.2 Å². The Hall–Kier alpha value is -1.06. The zero-order valence-electron chi connectivity index (χ0n) is 12.8. The molecule has 110 valence electrons. The number of rotatable bonds is 3. The van der Waals surface area contributed by atoms with Gasteiger partial charge in [0.1, 0.15) is 0 Å². The Morgan fingerprint density at radius 1 is 1.30 bits per heavy atom. The third kappa shape index (κ3) is 2.57. The number of aryl methyl sites for hydroxylation is 1. The van der Waals surface area contributed by atoms with Crippen molar-refractivity contribution < 1.29 is 0 Å². The molecule has 2 N–H and O–H groups in total. The lowest BCUT2D eigenvalue weighted by Gasteiger charge is -2.44. The standard InChI is InChI=1S/C17H27N3/c1-13-5-6-17(15(10-13)7-8-18)20-12-16-4-3-9-19(16)11-14(20)2/h5-6,10,14,16H,3-4,7-9,11-12,18H2,1-2H3. The molecular weight excluding hydrogens is 246 g/mol. The van der Waals surface area contributed by atoms with Crippen molar-refractivity contribution in [3.63, 3.8) is 0 Å². The number of hydrogen-bond acceptors (Lipinski definition) is 3. The summed E-state index contributed by atoms with van der Waals surface area (Å²) in [6.07, 6.45) is 3.71. The van der Waals surface area contributed by atoms with E-state index < -0.39 is 0 Å². The van der Waals surface area contributed by atoms with Gasteiger partial charge in [0.15, 0.2) is 0 Å². The summed E-state index contributed by atoms with van der Waals surface area (Å²) in [4.78, 5) is 5.30. The van der Waals surface area contributed by atoms with Crippen LogP contribution in [0.4, 0.5) is 5.69 Å². The molecule has 2 atom stereocenters. The van der Waals surface area contributed by atoms with Crippen molar-refractivity contribution in [1.82, 2.24) is 4.90 Å². The van der Waals surface area contributed by atoms with E-state index in [1.54, 1.807) is 0 Å². The van der Waals surface area contributed by atoms with Crippen LogP contribution in [0.1, 0.15) is 30.9 Å². The summed E-state index contributed by atoms with van der Waals surface area (Å²) in [5.41, 5.74) is 9.98. The van der Waals surface area contributed by atoms with Crippen molar-refractivity contribution >= 4 is 5.69 Å². The molecule has 3 nitrogen and oxygen atoms in total. The predicted molar refractivity (Wildman–Crippen MR) is 85.3 cm³/mol. The molecule has 3 rings (SSSR count). The Labute approximate surface area is 122 Å². The first-order valence-corrected chi connectivity index (χ1v) is 7.99. The van der Waals surface area contributed by atoms with Gasteiger partial charge in [-0.15, -0.1) is 0 Å². The summed E-state index contributed by atoms with van der Waals surface area (Å²) in [5.74, 6) is 0. The monoisotopic (exact) mass is 273 g/mol. The van der Waals surface area contributed by atoms with Crippen molar-refractivity contribution in [3.8, 4) is 0 Å². The van der Waals surface area contributed by atoms with Crippen LogP contribution in [0, 0.1) is 6.92 Å². The summed E-state index contributed by atoms with van der Waals surface area (Å²) in [5, 5.41) is 0. The molecule has 0 aromatic heterocycles. The van der Waals surface area contributed by atoms with E-state index in [2.05, 4.69) is 41.8 Å². The molecule has 1 aromatic carbocycles. The van der Waals surface area contributed by atoms with Crippen LogP contribution in [0.2, 0.25) is 0 Å². The molecule has 2 unspecified atom stereocenters. The highest BCUT2D eigenvalue weighted by Crippen LogP contribution is 2.31. The van der Waals surface area contributed by atoms with Crippen LogP contribution in [0.15, 0.2) is 18.2 Å². The van der Waals surface area contributed by atoms with Gasteiger partial charge in [-0.2, -0.15) is 0 Å². The lowest BCUT2D eigenvalue weighted by atomic mass is 10.0. The molecule has 2 fully saturated rings. The predicted octanol–water partition coefficient (Wildman–Crippen LogP) is 2.17. The Kier molecular flexibility index (Phi) is 3.99. The van der Waals surface area contributed by atoms with Gasteiger partial charge in [-0.3, -0.25) is 4.90 Å². The molecule has 2 aliphatic heterocycles. The van der Waals surface area contributed by atoms with Crippen molar-refractivity contribution in [2.45, 2.75) is 45.2 Å². The van der Waals surface area contributed by atoms with Crippen LogP contribution in [0.25, 0.3) is 0 Å². The number of nitrogens with zero attached hydrogens (tertiary/aromatic N) is 2. The van der Waals surface area contributed by atoms with Gasteiger partial charge in [0.25, 0.3) is 0 Å². The largest absolute Gasteiger partial charge is 0.366 e. The molecule has 0 saturated carbocycles. The fourth-order valence-corrected chi connectivity index (χ4v) is 3.87. The molecule has 0 aliphatic carbocycles. The molecule has 3 heteroatoms. The van der Waals surface area contributed by atoms with Gasteiger partial charge in [0.05, 0.1) is 0 Å². The fourth-order valence-electron chi connectivity index (χ4n) is 3.87. The molecule has 0 bridgehead atoms. The van der Waals surface area contributed by atoms with Crippen LogP contribution < -0.4 is 10.6 Å². The molecule has 1 aromatic rings. The van der Waals surface area contributed by atoms with Crippen molar-refractivity contribution in [2.24, 2.45) is 5.73 Å². The van der Waals surface area contributed by atoms with E-state index in [4.69, 9.17) is 5.73 Å². The second-order valence-electron chi connectivity index (χ2n) is 6.46. The Bertz CT molecular complexity index is 471. The Morgan fingerprint density at radius 3 is 2.95 bits per heavy atom. The first kappa shape index (κ1) is 13.9. The third-order valence-electron chi connectivity index (χ3n) is 4.90. The van der Waals surface area contributed by atoms with Crippen molar-refractivity contribution in [2.75, 3.05) is 31.1 Å². The molecule has 2 aliphatic rings. The van der Waals surface area contributed by atoms with E-state index in [0.717, 1.165) is 19.0 Å². The average Bonchev–Trinajstić information content (AvgIpc) is 2.86. The first-order valence-electron chi connectivity index (χ1n) is 7.99. The minimum atomic E-state index is 0.601. The van der Waals surface area contributed by atoms with Crippen LogP contribution in [0.5, 0.6) is 0 Å². The zero-order chi connectivity index (χ0) is 14.1. The lowest BCUT2D eigenvalue weighted by Crippen LogP contribution is -2.55. The normalized spacial score (nSPS) is 26.9. The van der Waals surface area contributed by atoms with E-state index in [1.165, 1.54) is 49.3 Å². The van der Waals surface area contributed by atoms with Gasteiger partial charge in [-0.25, -0.2) is 0 Å². The highest BCUT2D eigenvalue weighted by Gasteiger charge is 2.34. The zero-order valence-corrected chi connectivity index (χ0v) is 12.8. The molecule has 0 radical (unpaired) electrons. The molecular formula is C17H27N3. The molecule has 2 saturated heterocycles. The fraction of sp³-hybridized carbons (Fsp3) is 0.647. The van der Waals surface area contributed by atoms with Gasteiger partial charge in [-0.05, 0) is 57.8 Å². The maximum atomic E-state index is 5.80. The summed E-state index contributed by atoms with van der Waals surface area (Å²) in [7, 11) is 0. The van der Waals surface area contributed by atoms with Gasteiger partial charge < -0.3 is 10.6 Å². The van der Waals surface area contributed by atoms with Crippen molar-refractivity contribution in [3.05, 3.63) is 29.3 Å². The summed E-state index contributed by atoms with van der Waals surface area (Å²) < 4.78 is 0. The quantitative estimate of drug-likeness (QED) is 0.916. The van der Waals surface area contributed by atoms with Gasteiger partial charge in [0, 0.05) is 30.9 Å². The maximum absolute atomic E-state index is 5.80. The van der Waals surface area contributed by atoms with Gasteiger partial charge in [0.2, 0.25) is 0 Å². The minimum absolute atomic E-state index is 0.601. The molecule has 0 amide bonds. The molecule has 20 heavy (non-hydrogen) atoms. The first-order chi connectivity index (χ1) is 9.69. The summed E-state index contributed by atoms with van der Waals surface area (Å²) in [6, 6.07) is 8.22. The number of anilines is 1. The third-order valence-corrected chi connectivity index (χ3v) is 4.90. The second kappa shape index (κ2) is 5.74. The highest BCUT2D eigenvalue weighted by atomic mass is 15.3.